The first-order valence-corrected chi connectivity index (χ1v) is 5.44. The molecule has 1 rings (SSSR count). The Kier molecular flexibility index (Phi) is 3.23. The first-order valence-electron chi connectivity index (χ1n) is 2.47. The molecule has 1 heterocycles. The number of hydrogen-bond donors (Lipinski definition) is 0. The van der Waals surface area contributed by atoms with Gasteiger partial charge in [-0.1, -0.05) is 0 Å². The molecule has 0 fully saturated rings. The molecule has 0 aromatic carbocycles. The van der Waals surface area contributed by atoms with Crippen LogP contribution in [0.2, 0.25) is 0 Å². The van der Waals surface area contributed by atoms with Gasteiger partial charge in [0, 0.05) is 8.45 Å². The van der Waals surface area contributed by atoms with Crippen molar-refractivity contribution in [2.24, 2.45) is 0 Å². The Morgan fingerprint density at radius 2 is 2.22 bits per heavy atom. The fourth-order valence-corrected chi connectivity index (χ4v) is 3.10. The van der Waals surface area contributed by atoms with Gasteiger partial charge in [0.25, 0.3) is 0 Å². The molecule has 0 nitrogen and oxygen atoms in total. The van der Waals surface area contributed by atoms with Crippen molar-refractivity contribution in [2.45, 2.75) is 6.42 Å². The highest BCUT2D eigenvalue weighted by Crippen LogP contribution is 2.25. The predicted octanol–water partition coefficient (Wildman–Crippen LogP) is 3.33. The smallest absolute Gasteiger partial charge is 0.0789 e. The topological polar surface area (TPSA) is 0 Å². The average Bonchev–Trinajstić information content (AvgIpc) is 2.13. The highest BCUT2D eigenvalue weighted by molar-refractivity contribution is 14.1. The van der Waals surface area contributed by atoms with E-state index in [-0.39, 0.29) is 0 Å². The van der Waals surface area contributed by atoms with Crippen LogP contribution in [0.25, 0.3) is 0 Å². The van der Waals surface area contributed by atoms with E-state index >= 15 is 0 Å². The minimum atomic E-state index is 0.920. The predicted molar refractivity (Wildman–Crippen MR) is 58.8 cm³/mol. The van der Waals surface area contributed by atoms with Crippen molar-refractivity contribution >= 4 is 56.5 Å². The van der Waals surface area contributed by atoms with Crippen molar-refractivity contribution in [2.75, 3.05) is 0 Å². The second-order valence-corrected chi connectivity index (χ2v) is 5.69. The van der Waals surface area contributed by atoms with E-state index in [0.717, 1.165) is 6.42 Å². The Morgan fingerprint density at radius 3 is 2.44 bits per heavy atom. The Bertz CT molecular complexity index is 185. The van der Waals surface area contributed by atoms with E-state index in [1.807, 2.05) is 11.3 Å². The molecule has 1 aromatic heterocycles. The standard InChI is InChI=1S/C6H5I2S/c1-2-4-3-5(7)6(8)9-4/h3H,1-2H2. The maximum Gasteiger partial charge on any atom is 0.0789 e. The Labute approximate surface area is 86.3 Å². The molecule has 1 aromatic rings. The van der Waals surface area contributed by atoms with Gasteiger partial charge in [0.1, 0.15) is 0 Å². The van der Waals surface area contributed by atoms with Crippen molar-refractivity contribution in [1.82, 2.24) is 0 Å². The zero-order chi connectivity index (χ0) is 6.85. The van der Waals surface area contributed by atoms with E-state index in [1.165, 1.54) is 11.3 Å². The van der Waals surface area contributed by atoms with Crippen molar-refractivity contribution < 1.29 is 0 Å². The summed E-state index contributed by atoms with van der Waals surface area (Å²) >= 11 is 6.53. The molecular weight excluding hydrogens is 358 g/mol. The molecule has 9 heavy (non-hydrogen) atoms. The van der Waals surface area contributed by atoms with Crippen molar-refractivity contribution in [3.05, 3.63) is 24.3 Å². The van der Waals surface area contributed by atoms with E-state index in [2.05, 4.69) is 58.2 Å². The number of rotatable bonds is 1. The lowest BCUT2D eigenvalue weighted by molar-refractivity contribution is 1.34. The highest BCUT2D eigenvalue weighted by atomic mass is 127. The summed E-state index contributed by atoms with van der Waals surface area (Å²) in [5.74, 6) is 0. The van der Waals surface area contributed by atoms with E-state index < -0.39 is 0 Å². The van der Waals surface area contributed by atoms with Gasteiger partial charge in [0.15, 0.2) is 0 Å². The summed E-state index contributed by atoms with van der Waals surface area (Å²) < 4.78 is 2.74. The van der Waals surface area contributed by atoms with Crippen LogP contribution in [0.1, 0.15) is 4.88 Å². The highest BCUT2D eigenvalue weighted by Gasteiger charge is 2.00. The Morgan fingerprint density at radius 1 is 1.56 bits per heavy atom. The van der Waals surface area contributed by atoms with Gasteiger partial charge in [0.2, 0.25) is 0 Å². The fourth-order valence-electron chi connectivity index (χ4n) is 0.515. The lowest BCUT2D eigenvalue weighted by Crippen LogP contribution is -1.65. The van der Waals surface area contributed by atoms with Gasteiger partial charge < -0.3 is 0 Å². The van der Waals surface area contributed by atoms with Gasteiger partial charge in [0.05, 0.1) is 2.88 Å². The first kappa shape index (κ1) is 8.26. The van der Waals surface area contributed by atoms with Crippen molar-refractivity contribution in [3.63, 3.8) is 0 Å². The average molecular weight is 363 g/mol. The normalized spacial score (nSPS) is 10.1. The van der Waals surface area contributed by atoms with Gasteiger partial charge in [-0.3, -0.25) is 0 Å². The maximum atomic E-state index is 3.81. The quantitative estimate of drug-likeness (QED) is 0.672. The summed E-state index contributed by atoms with van der Waals surface area (Å²) in [5, 5.41) is 0. The second-order valence-electron chi connectivity index (χ2n) is 1.58. The van der Waals surface area contributed by atoms with Crippen LogP contribution in [-0.4, -0.2) is 0 Å². The molecule has 0 amide bonds. The molecule has 0 atom stereocenters. The van der Waals surface area contributed by atoms with E-state index in [9.17, 15) is 0 Å². The van der Waals surface area contributed by atoms with E-state index in [4.69, 9.17) is 0 Å². The van der Waals surface area contributed by atoms with E-state index in [0.29, 0.717) is 0 Å². The molecule has 0 saturated heterocycles. The van der Waals surface area contributed by atoms with Crippen LogP contribution >= 0.6 is 56.5 Å². The molecule has 49 valence electrons. The summed E-state index contributed by atoms with van der Waals surface area (Å²) in [6, 6.07) is 2.19. The summed E-state index contributed by atoms with van der Waals surface area (Å²) in [6.45, 7) is 3.81. The van der Waals surface area contributed by atoms with Crippen molar-refractivity contribution in [3.8, 4) is 0 Å². The molecule has 1 radical (unpaired) electrons. The lowest BCUT2D eigenvalue weighted by atomic mass is 10.4. The summed E-state index contributed by atoms with van der Waals surface area (Å²) in [6.07, 6.45) is 0.920. The molecule has 0 saturated carbocycles. The van der Waals surface area contributed by atoms with Gasteiger partial charge in [-0.25, -0.2) is 0 Å². The zero-order valence-corrected chi connectivity index (χ0v) is 9.79. The largest absolute Gasteiger partial charge is 0.133 e. The third-order valence-corrected chi connectivity index (χ3v) is 5.42. The molecule has 0 N–H and O–H groups in total. The van der Waals surface area contributed by atoms with Gasteiger partial charge in [-0.15, -0.1) is 11.3 Å². The van der Waals surface area contributed by atoms with Crippen molar-refractivity contribution in [1.29, 1.82) is 0 Å². The number of halogens is 2. The van der Waals surface area contributed by atoms with E-state index in [1.54, 1.807) is 0 Å². The van der Waals surface area contributed by atoms with Crippen LogP contribution in [0.15, 0.2) is 6.07 Å². The fraction of sp³-hybridized carbons (Fsp3) is 0.167. The Balaban J connectivity index is 2.98. The molecule has 0 aliphatic rings. The lowest BCUT2D eigenvalue weighted by Gasteiger charge is -1.79. The number of hydrogen-bond acceptors (Lipinski definition) is 1. The van der Waals surface area contributed by atoms with Crippen LogP contribution < -0.4 is 0 Å². The number of thiophene rings is 1. The third kappa shape index (κ3) is 2.04. The molecule has 0 spiro atoms. The van der Waals surface area contributed by atoms with Gasteiger partial charge in [-0.05, 0) is 64.6 Å². The van der Waals surface area contributed by atoms with Crippen LogP contribution in [0.3, 0.4) is 0 Å². The summed E-state index contributed by atoms with van der Waals surface area (Å²) in [4.78, 5) is 1.38. The molecular formula is C6H5I2S. The molecule has 0 bridgehead atoms. The minimum absolute atomic E-state index is 0.920. The monoisotopic (exact) mass is 363 g/mol. The maximum absolute atomic E-state index is 3.81. The summed E-state index contributed by atoms with van der Waals surface area (Å²) in [5.41, 5.74) is 0. The van der Waals surface area contributed by atoms with Gasteiger partial charge >= 0.3 is 0 Å². The van der Waals surface area contributed by atoms with Gasteiger partial charge in [-0.2, -0.15) is 0 Å². The zero-order valence-electron chi connectivity index (χ0n) is 4.66. The third-order valence-electron chi connectivity index (χ3n) is 0.943. The summed E-state index contributed by atoms with van der Waals surface area (Å²) in [7, 11) is 0. The SMILES string of the molecule is [CH2]Cc1cc(I)c(I)s1. The van der Waals surface area contributed by atoms with Crippen LogP contribution in [-0.2, 0) is 6.42 Å². The van der Waals surface area contributed by atoms with Crippen LogP contribution in [0.4, 0.5) is 0 Å². The first-order chi connectivity index (χ1) is 4.24. The van der Waals surface area contributed by atoms with Crippen LogP contribution in [0.5, 0.6) is 0 Å². The molecule has 0 unspecified atom stereocenters. The van der Waals surface area contributed by atoms with Crippen LogP contribution in [0, 0.1) is 13.4 Å². The second kappa shape index (κ2) is 3.52. The molecule has 3 heteroatoms. The molecule has 0 aliphatic carbocycles. The molecule has 0 aliphatic heterocycles. The Hall–Kier alpha value is 1.16. The minimum Gasteiger partial charge on any atom is -0.133 e.